The fourth-order valence-electron chi connectivity index (χ4n) is 9.30. The number of fused-ring (bicyclic) bond motifs is 13. The highest BCUT2D eigenvalue weighted by Crippen LogP contribution is 2.63. The third-order valence-corrected chi connectivity index (χ3v) is 12.9. The highest BCUT2D eigenvalue weighted by Gasteiger charge is 2.51. The van der Waals surface area contributed by atoms with E-state index < -0.39 is 5.41 Å². The highest BCUT2D eigenvalue weighted by molar-refractivity contribution is 7.25. The zero-order valence-electron chi connectivity index (χ0n) is 30.1. The Hall–Kier alpha value is -7.01. The molecule has 1 spiro atoms. The second-order valence-electron chi connectivity index (χ2n) is 14.7. The van der Waals surface area contributed by atoms with Crippen LogP contribution in [0.2, 0.25) is 0 Å². The molecule has 0 saturated carbocycles. The third kappa shape index (κ3) is 4.48. The lowest BCUT2D eigenvalue weighted by molar-refractivity contribution is 0.794. The number of rotatable bonds is 4. The highest BCUT2D eigenvalue weighted by atomic mass is 32.1. The Bertz CT molecular complexity index is 3130. The molecule has 2 aliphatic carbocycles. The van der Waals surface area contributed by atoms with Crippen LogP contribution in [-0.2, 0) is 5.41 Å². The summed E-state index contributed by atoms with van der Waals surface area (Å²) in [6, 6.07) is 67.8. The molecule has 0 amide bonds. The number of hydrogen-bond acceptors (Lipinski definition) is 4. The number of thiophene rings is 1. The first kappa shape index (κ1) is 31.4. The van der Waals surface area contributed by atoms with Crippen LogP contribution < -0.4 is 0 Å². The Morgan fingerprint density at radius 1 is 0.304 bits per heavy atom. The summed E-state index contributed by atoms with van der Waals surface area (Å²) in [6.45, 7) is 0. The summed E-state index contributed by atoms with van der Waals surface area (Å²) < 4.78 is 2.62. The van der Waals surface area contributed by atoms with Gasteiger partial charge in [0.05, 0.1) is 5.41 Å². The number of hydrogen-bond donors (Lipinski definition) is 0. The molecule has 12 rings (SSSR count). The van der Waals surface area contributed by atoms with E-state index in [9.17, 15) is 0 Å². The maximum atomic E-state index is 5.23. The van der Waals surface area contributed by atoms with Crippen molar-refractivity contribution >= 4 is 31.5 Å². The fourth-order valence-corrected chi connectivity index (χ4v) is 10.4. The molecule has 0 radical (unpaired) electrons. The molecule has 0 aliphatic heterocycles. The molecule has 10 aromatic rings. The van der Waals surface area contributed by atoms with Crippen LogP contribution >= 0.6 is 11.3 Å². The van der Waals surface area contributed by atoms with Crippen molar-refractivity contribution in [3.63, 3.8) is 0 Å². The van der Waals surface area contributed by atoms with Crippen LogP contribution in [0.25, 0.3) is 87.7 Å². The van der Waals surface area contributed by atoms with Crippen LogP contribution in [0.3, 0.4) is 0 Å². The van der Waals surface area contributed by atoms with Crippen molar-refractivity contribution in [1.29, 1.82) is 0 Å². The van der Waals surface area contributed by atoms with E-state index in [1.807, 2.05) is 29.5 Å². The zero-order chi connectivity index (χ0) is 36.8. The molecule has 4 heteroatoms. The van der Waals surface area contributed by atoms with Gasteiger partial charge in [0.15, 0.2) is 17.5 Å². The van der Waals surface area contributed by atoms with Gasteiger partial charge in [-0.3, -0.25) is 0 Å². The average molecular weight is 730 g/mol. The maximum Gasteiger partial charge on any atom is 0.164 e. The average Bonchev–Trinajstić information content (AvgIpc) is 3.90. The van der Waals surface area contributed by atoms with Crippen LogP contribution in [0.1, 0.15) is 22.3 Å². The van der Waals surface area contributed by atoms with Crippen LogP contribution in [0.4, 0.5) is 0 Å². The van der Waals surface area contributed by atoms with Crippen LogP contribution in [-0.4, -0.2) is 15.0 Å². The first-order chi connectivity index (χ1) is 27.7. The molecule has 56 heavy (non-hydrogen) atoms. The molecule has 260 valence electrons. The molecule has 0 fully saturated rings. The molecule has 2 heterocycles. The number of benzene rings is 8. The summed E-state index contributed by atoms with van der Waals surface area (Å²) >= 11 is 1.84. The van der Waals surface area contributed by atoms with E-state index in [4.69, 9.17) is 15.0 Å². The van der Waals surface area contributed by atoms with Gasteiger partial charge in [0, 0.05) is 36.9 Å². The van der Waals surface area contributed by atoms with Gasteiger partial charge in [-0.1, -0.05) is 164 Å². The number of aromatic nitrogens is 3. The molecule has 0 unspecified atom stereocenters. The third-order valence-electron chi connectivity index (χ3n) is 11.8. The van der Waals surface area contributed by atoms with E-state index in [0.717, 1.165) is 22.3 Å². The molecule has 0 atom stereocenters. The summed E-state index contributed by atoms with van der Waals surface area (Å²) in [5, 5.41) is 2.60. The SMILES string of the molecule is c1ccc(-c2nc(-c3ccc(-c4ccc5sc6ccccc6c5c4)cc3)nc(-c3ccc4c(c3)C3(c5ccccc5-c5ccccc53)c3ccccc3-4)n2)cc1. The van der Waals surface area contributed by atoms with Gasteiger partial charge in [-0.2, -0.15) is 0 Å². The molecular weight excluding hydrogens is 699 g/mol. The Kier molecular flexibility index (Phi) is 6.72. The topological polar surface area (TPSA) is 38.7 Å². The Balaban J connectivity index is 1.01. The van der Waals surface area contributed by atoms with Crippen LogP contribution in [0.15, 0.2) is 188 Å². The molecule has 0 saturated heterocycles. The Labute approximate surface area is 328 Å². The number of nitrogens with zero attached hydrogens (tertiary/aromatic N) is 3. The minimum atomic E-state index is -0.443. The van der Waals surface area contributed by atoms with Crippen molar-refractivity contribution in [1.82, 2.24) is 15.0 Å². The molecule has 0 bridgehead atoms. The van der Waals surface area contributed by atoms with Gasteiger partial charge < -0.3 is 0 Å². The predicted octanol–water partition coefficient (Wildman–Crippen LogP) is 13.3. The van der Waals surface area contributed by atoms with E-state index in [0.29, 0.717) is 17.5 Å². The summed E-state index contributed by atoms with van der Waals surface area (Å²) in [6.07, 6.45) is 0. The van der Waals surface area contributed by atoms with Crippen molar-refractivity contribution in [3.8, 4) is 67.5 Å². The van der Waals surface area contributed by atoms with Crippen molar-refractivity contribution in [2.45, 2.75) is 5.41 Å². The second kappa shape index (κ2) is 12.0. The lowest BCUT2D eigenvalue weighted by Crippen LogP contribution is -2.25. The monoisotopic (exact) mass is 729 g/mol. The normalized spacial score (nSPS) is 13.1. The van der Waals surface area contributed by atoms with E-state index in [2.05, 4.69) is 170 Å². The van der Waals surface area contributed by atoms with E-state index in [1.54, 1.807) is 0 Å². The zero-order valence-corrected chi connectivity index (χ0v) is 31.0. The van der Waals surface area contributed by atoms with Crippen molar-refractivity contribution in [2.24, 2.45) is 0 Å². The van der Waals surface area contributed by atoms with Gasteiger partial charge in [0.1, 0.15) is 0 Å². The van der Waals surface area contributed by atoms with Gasteiger partial charge >= 0.3 is 0 Å². The first-order valence-electron chi connectivity index (χ1n) is 19.0. The van der Waals surface area contributed by atoms with E-state index in [1.165, 1.54) is 70.2 Å². The molecule has 0 N–H and O–H groups in total. The summed E-state index contributed by atoms with van der Waals surface area (Å²) in [5.74, 6) is 1.95. The lowest BCUT2D eigenvalue weighted by atomic mass is 9.70. The molecule has 8 aromatic carbocycles. The quantitative estimate of drug-likeness (QED) is 0.181. The van der Waals surface area contributed by atoms with Crippen molar-refractivity contribution in [2.75, 3.05) is 0 Å². The molecule has 2 aromatic heterocycles. The summed E-state index contributed by atoms with van der Waals surface area (Å²) in [5.41, 5.74) is 15.1. The maximum absolute atomic E-state index is 5.23. The fraction of sp³-hybridized carbons (Fsp3) is 0.0192. The minimum Gasteiger partial charge on any atom is -0.208 e. The molecule has 3 nitrogen and oxygen atoms in total. The second-order valence-corrected chi connectivity index (χ2v) is 15.8. The predicted molar refractivity (Wildman–Crippen MR) is 231 cm³/mol. The van der Waals surface area contributed by atoms with Crippen LogP contribution in [0.5, 0.6) is 0 Å². The largest absolute Gasteiger partial charge is 0.208 e. The van der Waals surface area contributed by atoms with Crippen LogP contribution in [0, 0.1) is 0 Å². The van der Waals surface area contributed by atoms with E-state index in [-0.39, 0.29) is 0 Å². The van der Waals surface area contributed by atoms with Gasteiger partial charge in [-0.25, -0.2) is 15.0 Å². The van der Waals surface area contributed by atoms with Gasteiger partial charge in [0.2, 0.25) is 0 Å². The molecule has 2 aliphatic rings. The van der Waals surface area contributed by atoms with Gasteiger partial charge in [-0.15, -0.1) is 11.3 Å². The molecular formula is C52H31N3S. The minimum absolute atomic E-state index is 0.443. The smallest absolute Gasteiger partial charge is 0.164 e. The Morgan fingerprint density at radius 3 is 1.43 bits per heavy atom. The lowest BCUT2D eigenvalue weighted by Gasteiger charge is -2.30. The first-order valence-corrected chi connectivity index (χ1v) is 19.8. The van der Waals surface area contributed by atoms with Crippen molar-refractivity contribution < 1.29 is 0 Å². The standard InChI is InChI=1S/C52H31N3S/c1-2-12-33(13-3-1)49-53-50(34-24-22-32(23-25-34)35-27-29-48-42(30-35)41-17-7-11-21-47(41)56-48)55-51(54-49)36-26-28-40-39-16-6-10-20-45(39)52(46(40)31-36)43-18-8-4-14-37(43)38-15-5-9-19-44(38)52/h1-31H. The Morgan fingerprint density at radius 2 is 0.768 bits per heavy atom. The van der Waals surface area contributed by atoms with Crippen molar-refractivity contribution in [3.05, 3.63) is 210 Å². The van der Waals surface area contributed by atoms with Gasteiger partial charge in [-0.05, 0) is 79.9 Å². The van der Waals surface area contributed by atoms with E-state index >= 15 is 0 Å². The van der Waals surface area contributed by atoms with Gasteiger partial charge in [0.25, 0.3) is 0 Å². The summed E-state index contributed by atoms with van der Waals surface area (Å²) in [4.78, 5) is 15.5. The summed E-state index contributed by atoms with van der Waals surface area (Å²) in [7, 11) is 0.